The first kappa shape index (κ1) is 39.8. The molecule has 1 saturated heterocycles. The normalized spacial score (nSPS) is 18.6. The predicted molar refractivity (Wildman–Crippen MR) is 196 cm³/mol. The molecule has 0 radical (unpaired) electrons. The summed E-state index contributed by atoms with van der Waals surface area (Å²) >= 11 is 0. The fraction of sp³-hybridized carbons (Fsp3) is 0.575. The van der Waals surface area contributed by atoms with E-state index in [1.165, 1.54) is 12.7 Å². The number of carbonyl (C=O) groups is 5. The van der Waals surface area contributed by atoms with E-state index in [1.54, 1.807) is 4.90 Å². The second-order valence-electron chi connectivity index (χ2n) is 14.8. The van der Waals surface area contributed by atoms with E-state index in [9.17, 15) is 24.0 Å². The van der Waals surface area contributed by atoms with Crippen LogP contribution in [0.15, 0.2) is 54.6 Å². The average molecular weight is 704 g/mol. The van der Waals surface area contributed by atoms with E-state index in [1.807, 2.05) is 62.4 Å². The summed E-state index contributed by atoms with van der Waals surface area (Å²) in [4.78, 5) is 69.6. The first-order valence-electron chi connectivity index (χ1n) is 18.5. The van der Waals surface area contributed by atoms with E-state index in [-0.39, 0.29) is 74.1 Å². The largest absolute Gasteiger partial charge is 0.468 e. The third-order valence-corrected chi connectivity index (χ3v) is 10.4. The molecule has 0 spiro atoms. The Morgan fingerprint density at radius 2 is 1.61 bits per heavy atom. The molecule has 2 aliphatic heterocycles. The number of nitrogens with one attached hydrogen (secondary N) is 2. The molecule has 2 aromatic rings. The molecule has 0 bridgehead atoms. The molecular formula is C40H57N5O6. The summed E-state index contributed by atoms with van der Waals surface area (Å²) in [6.07, 6.45) is 3.70. The summed E-state index contributed by atoms with van der Waals surface area (Å²) in [5.41, 5.74) is 14.1. The predicted octanol–water partition coefficient (Wildman–Crippen LogP) is 3.25. The number of amides is 2. The molecule has 0 aromatic heterocycles. The van der Waals surface area contributed by atoms with Crippen LogP contribution in [0.5, 0.6) is 0 Å². The lowest BCUT2D eigenvalue weighted by molar-refractivity contribution is -0.151. The third-order valence-electron chi connectivity index (χ3n) is 10.4. The number of ether oxygens (including phenoxy) is 1. The fourth-order valence-corrected chi connectivity index (χ4v) is 7.32. The minimum atomic E-state index is -1.15. The standard InChI is InChI=1S/C40H57N5O6/c1-27(2)21-32(37(48)44-33(15-9-10-18-41)38(49)45-19-16-40(42,17-20-45)39(50)51-3)25-35(46)31(22-28-11-5-4-6-12-28)24-36(47)34-23-29-13-7-8-14-30(29)26-43-34/h4-8,11-14,27,31-34,43H,9-10,15-26,41-42H2,1-3H3,(H,44,48)/t31-,32-,33+,34+/m0/s1. The quantitative estimate of drug-likeness (QED) is 0.134. The highest BCUT2D eigenvalue weighted by Gasteiger charge is 2.41. The molecule has 1 fully saturated rings. The SMILES string of the molecule is COC(=O)C1(N)CCN(C(=O)[C@@H](CCCCN)NC(=O)[C@H](CC(=O)[C@H](CC(=O)[C@H]2Cc3ccccc3CN2)Cc2ccccc2)CC(C)C)CC1. The Hall–Kier alpha value is -3.93. The molecule has 11 nitrogen and oxygen atoms in total. The van der Waals surface area contributed by atoms with Crippen molar-refractivity contribution in [2.24, 2.45) is 29.2 Å². The lowest BCUT2D eigenvalue weighted by Gasteiger charge is -2.38. The molecule has 0 saturated carbocycles. The van der Waals surface area contributed by atoms with Gasteiger partial charge < -0.3 is 31.7 Å². The second kappa shape index (κ2) is 19.1. The van der Waals surface area contributed by atoms with Crippen molar-refractivity contribution in [3.8, 4) is 0 Å². The Kier molecular flexibility index (Phi) is 14.9. The minimum absolute atomic E-state index is 0.00978. The number of fused-ring (bicyclic) bond motifs is 1. The van der Waals surface area contributed by atoms with Crippen molar-refractivity contribution >= 4 is 29.4 Å². The van der Waals surface area contributed by atoms with Crippen molar-refractivity contribution in [3.63, 3.8) is 0 Å². The second-order valence-corrected chi connectivity index (χ2v) is 14.8. The van der Waals surface area contributed by atoms with Crippen LogP contribution in [-0.4, -0.2) is 78.6 Å². The molecule has 11 heteroatoms. The number of hydrogen-bond donors (Lipinski definition) is 4. The van der Waals surface area contributed by atoms with E-state index in [0.717, 1.165) is 11.1 Å². The number of nitrogens with zero attached hydrogens (tertiary/aromatic N) is 1. The van der Waals surface area contributed by atoms with Gasteiger partial charge in [-0.05, 0) is 80.5 Å². The van der Waals surface area contributed by atoms with Gasteiger partial charge in [0.05, 0.1) is 13.2 Å². The van der Waals surface area contributed by atoms with E-state index >= 15 is 0 Å². The molecule has 0 aliphatic carbocycles. The van der Waals surface area contributed by atoms with Gasteiger partial charge in [-0.25, -0.2) is 0 Å². The van der Waals surface area contributed by atoms with Crippen molar-refractivity contribution in [3.05, 3.63) is 71.3 Å². The van der Waals surface area contributed by atoms with Crippen LogP contribution in [0.1, 0.15) is 81.9 Å². The molecule has 2 aromatic carbocycles. The zero-order chi connectivity index (χ0) is 37.0. The first-order valence-corrected chi connectivity index (χ1v) is 18.5. The summed E-state index contributed by atoms with van der Waals surface area (Å²) < 4.78 is 4.87. The fourth-order valence-electron chi connectivity index (χ4n) is 7.32. The number of carbonyl (C=O) groups excluding carboxylic acids is 5. The van der Waals surface area contributed by atoms with Crippen molar-refractivity contribution in [2.75, 3.05) is 26.7 Å². The number of benzene rings is 2. The van der Waals surface area contributed by atoms with Gasteiger partial charge >= 0.3 is 5.97 Å². The van der Waals surface area contributed by atoms with Gasteiger partial charge in [0.15, 0.2) is 5.78 Å². The lowest BCUT2D eigenvalue weighted by Crippen LogP contribution is -2.59. The first-order chi connectivity index (χ1) is 24.4. The topological polar surface area (TPSA) is 174 Å². The summed E-state index contributed by atoms with van der Waals surface area (Å²) in [6, 6.07) is 16.5. The molecule has 51 heavy (non-hydrogen) atoms. The Labute approximate surface area is 302 Å². The van der Waals surface area contributed by atoms with Gasteiger partial charge in [0.1, 0.15) is 17.4 Å². The minimum Gasteiger partial charge on any atom is -0.468 e. The lowest BCUT2D eigenvalue weighted by atomic mass is 9.81. The highest BCUT2D eigenvalue weighted by atomic mass is 16.5. The molecule has 4 atom stereocenters. The maximum Gasteiger partial charge on any atom is 0.325 e. The molecule has 4 rings (SSSR count). The number of piperidine rings is 1. The van der Waals surface area contributed by atoms with Crippen LogP contribution < -0.4 is 22.1 Å². The molecule has 2 amide bonds. The number of methoxy groups -OCH3 is 1. The molecule has 2 aliphatic rings. The van der Waals surface area contributed by atoms with Crippen molar-refractivity contribution in [2.45, 2.75) is 102 Å². The van der Waals surface area contributed by atoms with Gasteiger partial charge in [0, 0.05) is 44.3 Å². The van der Waals surface area contributed by atoms with Crippen LogP contribution >= 0.6 is 0 Å². The number of nitrogens with two attached hydrogens (primary N) is 2. The third kappa shape index (κ3) is 11.3. The number of rotatable bonds is 18. The zero-order valence-electron chi connectivity index (χ0n) is 30.5. The number of hydrogen-bond acceptors (Lipinski definition) is 9. The number of esters is 1. The highest BCUT2D eigenvalue weighted by molar-refractivity contribution is 5.94. The Morgan fingerprint density at radius 3 is 2.25 bits per heavy atom. The average Bonchev–Trinajstić information content (AvgIpc) is 3.13. The van der Waals surface area contributed by atoms with Gasteiger partial charge in [-0.3, -0.25) is 24.0 Å². The van der Waals surface area contributed by atoms with E-state index in [2.05, 4.69) is 16.7 Å². The van der Waals surface area contributed by atoms with Gasteiger partial charge in [0.25, 0.3) is 0 Å². The smallest absolute Gasteiger partial charge is 0.325 e. The van der Waals surface area contributed by atoms with Gasteiger partial charge in [-0.1, -0.05) is 68.4 Å². The molecule has 278 valence electrons. The van der Waals surface area contributed by atoms with E-state index < -0.39 is 29.4 Å². The van der Waals surface area contributed by atoms with Gasteiger partial charge in [-0.15, -0.1) is 0 Å². The summed E-state index contributed by atoms with van der Waals surface area (Å²) in [5.74, 6) is -2.39. The van der Waals surface area contributed by atoms with Crippen molar-refractivity contribution in [1.29, 1.82) is 0 Å². The molecule has 0 unspecified atom stereocenters. The number of unbranched alkanes of at least 4 members (excludes halogenated alkanes) is 1. The summed E-state index contributed by atoms with van der Waals surface area (Å²) in [5, 5.41) is 6.37. The maximum absolute atomic E-state index is 14.2. The summed E-state index contributed by atoms with van der Waals surface area (Å²) in [7, 11) is 1.30. The van der Waals surface area contributed by atoms with Crippen molar-refractivity contribution in [1.82, 2.24) is 15.5 Å². The number of ketones is 2. The van der Waals surface area contributed by atoms with Gasteiger partial charge in [-0.2, -0.15) is 0 Å². The summed E-state index contributed by atoms with van der Waals surface area (Å²) in [6.45, 7) is 5.58. The van der Waals surface area contributed by atoms with Crippen LogP contribution in [0.25, 0.3) is 0 Å². The molecule has 2 heterocycles. The highest BCUT2D eigenvalue weighted by Crippen LogP contribution is 2.26. The number of likely N-dealkylation sites (tertiary alicyclic amines) is 1. The van der Waals surface area contributed by atoms with Crippen molar-refractivity contribution < 1.29 is 28.7 Å². The maximum atomic E-state index is 14.2. The van der Waals surface area contributed by atoms with Crippen LogP contribution in [0.2, 0.25) is 0 Å². The molecular weight excluding hydrogens is 646 g/mol. The van der Waals surface area contributed by atoms with E-state index in [0.29, 0.717) is 51.6 Å². The van der Waals surface area contributed by atoms with E-state index in [4.69, 9.17) is 16.2 Å². The van der Waals surface area contributed by atoms with Crippen LogP contribution in [0, 0.1) is 17.8 Å². The Morgan fingerprint density at radius 1 is 0.941 bits per heavy atom. The van der Waals surface area contributed by atoms with Crippen LogP contribution in [0.3, 0.4) is 0 Å². The number of Topliss-reactive ketones (excluding diaryl/α,β-unsaturated/α-hetero) is 2. The Balaban J connectivity index is 1.48. The van der Waals surface area contributed by atoms with Gasteiger partial charge in [0.2, 0.25) is 11.8 Å². The Bertz CT molecular complexity index is 1490. The monoisotopic (exact) mass is 703 g/mol. The zero-order valence-corrected chi connectivity index (χ0v) is 30.5. The molecule has 6 N–H and O–H groups in total. The van der Waals surface area contributed by atoms with Crippen LogP contribution in [0.4, 0.5) is 0 Å². The van der Waals surface area contributed by atoms with Crippen LogP contribution in [-0.2, 0) is 48.1 Å².